The van der Waals surface area contributed by atoms with Crippen molar-refractivity contribution < 1.29 is 13.2 Å². The van der Waals surface area contributed by atoms with Gasteiger partial charge in [0.2, 0.25) is 0 Å². The van der Waals surface area contributed by atoms with Gasteiger partial charge in [-0.15, -0.1) is 0 Å². The molecule has 0 aromatic rings. The summed E-state index contributed by atoms with van der Waals surface area (Å²) in [5.41, 5.74) is 0. The van der Waals surface area contributed by atoms with Crippen LogP contribution in [0.2, 0.25) is 0 Å². The predicted octanol–water partition coefficient (Wildman–Crippen LogP) is 2.79. The largest absolute Gasteiger partial charge is 0.401 e. The van der Waals surface area contributed by atoms with Crippen LogP contribution in [0.4, 0.5) is 13.2 Å². The lowest BCUT2D eigenvalue weighted by Gasteiger charge is -2.24. The van der Waals surface area contributed by atoms with Crippen LogP contribution < -0.4 is 5.32 Å². The van der Waals surface area contributed by atoms with Crippen LogP contribution in [-0.4, -0.2) is 42.8 Å². The van der Waals surface area contributed by atoms with Crippen molar-refractivity contribution in [1.82, 2.24) is 10.2 Å². The molecule has 0 amide bonds. The Bertz CT molecular complexity index is 210. The van der Waals surface area contributed by atoms with Crippen LogP contribution in [0, 0.1) is 0 Å². The van der Waals surface area contributed by atoms with Crippen LogP contribution in [0.1, 0.15) is 39.5 Å². The fourth-order valence-electron chi connectivity index (χ4n) is 2.05. The minimum Gasteiger partial charge on any atom is -0.313 e. The standard InChI is InChI=1S/C12H23F3N2/c1-3-10(4-2)16-7-8-17(11-5-6-11)9-12(13,14)15/h10-11,16H,3-9H2,1-2H3. The van der Waals surface area contributed by atoms with E-state index in [1.807, 2.05) is 0 Å². The highest BCUT2D eigenvalue weighted by molar-refractivity contribution is 4.86. The number of rotatable bonds is 8. The van der Waals surface area contributed by atoms with Gasteiger partial charge in [-0.2, -0.15) is 13.2 Å². The Kier molecular flexibility index (Phi) is 5.73. The van der Waals surface area contributed by atoms with Crippen molar-refractivity contribution in [3.63, 3.8) is 0 Å². The molecule has 5 heteroatoms. The minimum absolute atomic E-state index is 0.167. The van der Waals surface area contributed by atoms with Gasteiger partial charge in [0, 0.05) is 25.2 Å². The second-order valence-electron chi connectivity index (χ2n) is 4.78. The van der Waals surface area contributed by atoms with Gasteiger partial charge in [-0.1, -0.05) is 13.8 Å². The Morgan fingerprint density at radius 3 is 2.24 bits per heavy atom. The summed E-state index contributed by atoms with van der Waals surface area (Å²) in [7, 11) is 0. The van der Waals surface area contributed by atoms with E-state index < -0.39 is 12.7 Å². The fraction of sp³-hybridized carbons (Fsp3) is 1.00. The monoisotopic (exact) mass is 252 g/mol. The summed E-state index contributed by atoms with van der Waals surface area (Å²) < 4.78 is 37.0. The molecule has 0 aliphatic heterocycles. The lowest BCUT2D eigenvalue weighted by Crippen LogP contribution is -2.42. The van der Waals surface area contributed by atoms with Crippen LogP contribution in [-0.2, 0) is 0 Å². The maximum atomic E-state index is 12.3. The minimum atomic E-state index is -4.07. The number of alkyl halides is 3. The van der Waals surface area contributed by atoms with Gasteiger partial charge >= 0.3 is 6.18 Å². The van der Waals surface area contributed by atoms with Crippen molar-refractivity contribution >= 4 is 0 Å². The maximum Gasteiger partial charge on any atom is 0.401 e. The molecule has 0 radical (unpaired) electrons. The molecule has 1 aliphatic carbocycles. The molecule has 2 nitrogen and oxygen atoms in total. The van der Waals surface area contributed by atoms with Gasteiger partial charge in [-0.25, -0.2) is 0 Å². The average Bonchev–Trinajstić information content (AvgIpc) is 3.04. The molecule has 0 aromatic carbocycles. The van der Waals surface area contributed by atoms with Gasteiger partial charge < -0.3 is 5.32 Å². The first kappa shape index (κ1) is 14.8. The first-order chi connectivity index (χ1) is 7.96. The van der Waals surface area contributed by atoms with Gasteiger partial charge in [0.05, 0.1) is 6.54 Å². The van der Waals surface area contributed by atoms with Crippen molar-refractivity contribution in [3.05, 3.63) is 0 Å². The molecular formula is C12H23F3N2. The molecule has 0 saturated heterocycles. The zero-order valence-electron chi connectivity index (χ0n) is 10.7. The Hall–Kier alpha value is -0.290. The topological polar surface area (TPSA) is 15.3 Å². The van der Waals surface area contributed by atoms with Gasteiger partial charge in [-0.05, 0) is 25.7 Å². The highest BCUT2D eigenvalue weighted by Gasteiger charge is 2.37. The SMILES string of the molecule is CCC(CC)NCCN(CC(F)(F)F)C1CC1. The second-order valence-corrected chi connectivity index (χ2v) is 4.78. The lowest BCUT2D eigenvalue weighted by atomic mass is 10.2. The first-order valence-electron chi connectivity index (χ1n) is 6.50. The molecule has 0 heterocycles. The molecule has 0 bridgehead atoms. The molecule has 0 aromatic heterocycles. The predicted molar refractivity (Wildman–Crippen MR) is 63.0 cm³/mol. The van der Waals surface area contributed by atoms with Crippen molar-refractivity contribution in [2.45, 2.75) is 57.8 Å². The van der Waals surface area contributed by atoms with E-state index in [0.717, 1.165) is 25.7 Å². The quantitative estimate of drug-likeness (QED) is 0.714. The lowest BCUT2D eigenvalue weighted by molar-refractivity contribution is -0.147. The molecule has 1 rings (SSSR count). The molecule has 17 heavy (non-hydrogen) atoms. The molecular weight excluding hydrogens is 229 g/mol. The Labute approximate surface area is 102 Å². The van der Waals surface area contributed by atoms with Crippen LogP contribution in [0.25, 0.3) is 0 Å². The van der Waals surface area contributed by atoms with Crippen LogP contribution in [0.5, 0.6) is 0 Å². The van der Waals surface area contributed by atoms with Gasteiger partial charge in [0.15, 0.2) is 0 Å². The second kappa shape index (κ2) is 6.59. The third-order valence-corrected chi connectivity index (χ3v) is 3.26. The van der Waals surface area contributed by atoms with Crippen LogP contribution in [0.3, 0.4) is 0 Å². The van der Waals surface area contributed by atoms with E-state index in [4.69, 9.17) is 0 Å². The summed E-state index contributed by atoms with van der Waals surface area (Å²) in [6.07, 6.45) is -0.183. The van der Waals surface area contributed by atoms with E-state index in [1.54, 1.807) is 4.90 Å². The van der Waals surface area contributed by atoms with Crippen molar-refractivity contribution in [3.8, 4) is 0 Å². The normalized spacial score (nSPS) is 17.1. The number of halogens is 3. The van der Waals surface area contributed by atoms with E-state index in [-0.39, 0.29) is 6.04 Å². The summed E-state index contributed by atoms with van der Waals surface area (Å²) in [6.45, 7) is 4.58. The third-order valence-electron chi connectivity index (χ3n) is 3.26. The number of nitrogens with one attached hydrogen (secondary N) is 1. The van der Waals surface area contributed by atoms with Gasteiger partial charge in [-0.3, -0.25) is 4.90 Å². The summed E-state index contributed by atoms with van der Waals surface area (Å²) >= 11 is 0. The Balaban J connectivity index is 2.25. The highest BCUT2D eigenvalue weighted by atomic mass is 19.4. The van der Waals surface area contributed by atoms with E-state index in [9.17, 15) is 13.2 Å². The van der Waals surface area contributed by atoms with E-state index in [0.29, 0.717) is 19.1 Å². The van der Waals surface area contributed by atoms with Crippen molar-refractivity contribution in [2.75, 3.05) is 19.6 Å². The molecule has 1 saturated carbocycles. The molecule has 102 valence electrons. The van der Waals surface area contributed by atoms with Crippen molar-refractivity contribution in [1.29, 1.82) is 0 Å². The Morgan fingerprint density at radius 2 is 1.82 bits per heavy atom. The zero-order chi connectivity index (χ0) is 12.9. The maximum absolute atomic E-state index is 12.3. The fourth-order valence-corrected chi connectivity index (χ4v) is 2.05. The molecule has 1 N–H and O–H groups in total. The summed E-state index contributed by atoms with van der Waals surface area (Å²) in [4.78, 5) is 1.56. The summed E-state index contributed by atoms with van der Waals surface area (Å²) in [5, 5.41) is 3.31. The molecule has 0 atom stereocenters. The Morgan fingerprint density at radius 1 is 1.24 bits per heavy atom. The molecule has 1 aliphatic rings. The highest BCUT2D eigenvalue weighted by Crippen LogP contribution is 2.29. The summed E-state index contributed by atoms with van der Waals surface area (Å²) in [6, 6.07) is 0.599. The zero-order valence-corrected chi connectivity index (χ0v) is 10.7. The van der Waals surface area contributed by atoms with E-state index in [1.165, 1.54) is 0 Å². The summed E-state index contributed by atoms with van der Waals surface area (Å²) in [5.74, 6) is 0. The van der Waals surface area contributed by atoms with Gasteiger partial charge in [0.1, 0.15) is 0 Å². The number of hydrogen-bond acceptors (Lipinski definition) is 2. The first-order valence-corrected chi connectivity index (χ1v) is 6.50. The number of hydrogen-bond donors (Lipinski definition) is 1. The molecule has 0 unspecified atom stereocenters. The van der Waals surface area contributed by atoms with Gasteiger partial charge in [0.25, 0.3) is 0 Å². The third kappa shape index (κ3) is 6.27. The number of nitrogens with zero attached hydrogens (tertiary/aromatic N) is 1. The molecule has 0 spiro atoms. The smallest absolute Gasteiger partial charge is 0.313 e. The average molecular weight is 252 g/mol. The van der Waals surface area contributed by atoms with Crippen molar-refractivity contribution in [2.24, 2.45) is 0 Å². The molecule has 1 fully saturated rings. The van der Waals surface area contributed by atoms with Crippen LogP contribution in [0.15, 0.2) is 0 Å². The van der Waals surface area contributed by atoms with E-state index >= 15 is 0 Å². The van der Waals surface area contributed by atoms with Crippen LogP contribution >= 0.6 is 0 Å². The van der Waals surface area contributed by atoms with E-state index in [2.05, 4.69) is 19.2 Å².